The van der Waals surface area contributed by atoms with Crippen LogP contribution in [0.5, 0.6) is 0 Å². The van der Waals surface area contributed by atoms with Crippen molar-refractivity contribution in [2.75, 3.05) is 51.6 Å². The summed E-state index contributed by atoms with van der Waals surface area (Å²) in [6, 6.07) is 6.61. The van der Waals surface area contributed by atoms with Crippen LogP contribution in [0, 0.1) is 5.92 Å². The molecule has 26 heavy (non-hydrogen) atoms. The summed E-state index contributed by atoms with van der Waals surface area (Å²) >= 11 is 0. The number of nitrogens with zero attached hydrogens (tertiary/aromatic N) is 2. The molecule has 0 atom stereocenters. The van der Waals surface area contributed by atoms with Crippen LogP contribution in [0.2, 0.25) is 0 Å². The first-order chi connectivity index (χ1) is 12.5. The molecule has 2 N–H and O–H groups in total. The van der Waals surface area contributed by atoms with E-state index in [1.54, 1.807) is 28.6 Å². The van der Waals surface area contributed by atoms with Crippen molar-refractivity contribution in [2.24, 2.45) is 5.92 Å². The van der Waals surface area contributed by atoms with Crippen LogP contribution < -0.4 is 10.6 Å². The first-order valence-corrected chi connectivity index (χ1v) is 10.7. The Hall–Kier alpha value is -1.48. The van der Waals surface area contributed by atoms with E-state index in [1.165, 1.54) is 0 Å². The van der Waals surface area contributed by atoms with E-state index >= 15 is 0 Å². The number of hydrogen-bond acceptors (Lipinski definition) is 5. The van der Waals surface area contributed by atoms with Crippen molar-refractivity contribution in [1.29, 1.82) is 0 Å². The predicted octanol–water partition coefficient (Wildman–Crippen LogP) is 0.951. The first-order valence-electron chi connectivity index (χ1n) is 9.27. The van der Waals surface area contributed by atoms with Crippen molar-refractivity contribution in [2.45, 2.75) is 24.2 Å². The monoisotopic (exact) mass is 380 g/mol. The maximum absolute atomic E-state index is 13.0. The number of amides is 1. The quantitative estimate of drug-likeness (QED) is 0.813. The fourth-order valence-corrected chi connectivity index (χ4v) is 4.99. The largest absolute Gasteiger partial charge is 0.326 e. The Bertz CT molecular complexity index is 732. The maximum Gasteiger partial charge on any atom is 0.243 e. The summed E-state index contributed by atoms with van der Waals surface area (Å²) in [5, 5.41) is 6.13. The van der Waals surface area contributed by atoms with E-state index in [1.807, 2.05) is 7.05 Å². The molecule has 7 nitrogen and oxygen atoms in total. The standard InChI is InChI=1S/C18H28N4O3S/c1-21-10-3-11-22(13-12-21)26(24,25)17-5-2-4-16(14-17)20-18(23)15-6-8-19-9-7-15/h2,4-5,14-15,19H,3,6-13H2,1H3,(H,20,23). The summed E-state index contributed by atoms with van der Waals surface area (Å²) < 4.78 is 27.5. The number of carbonyl (C=O) groups is 1. The molecule has 144 valence electrons. The van der Waals surface area contributed by atoms with Gasteiger partial charge in [0.25, 0.3) is 0 Å². The van der Waals surface area contributed by atoms with E-state index in [4.69, 9.17) is 0 Å². The molecular weight excluding hydrogens is 352 g/mol. The Labute approximate surface area is 155 Å². The Morgan fingerprint density at radius 3 is 2.69 bits per heavy atom. The molecule has 0 aliphatic carbocycles. The lowest BCUT2D eigenvalue weighted by Gasteiger charge is -2.22. The van der Waals surface area contributed by atoms with Gasteiger partial charge in [0.15, 0.2) is 0 Å². The predicted molar refractivity (Wildman–Crippen MR) is 102 cm³/mol. The highest BCUT2D eigenvalue weighted by atomic mass is 32.2. The zero-order chi connectivity index (χ0) is 18.6. The molecule has 0 spiro atoms. The van der Waals surface area contributed by atoms with Crippen LogP contribution in [0.4, 0.5) is 5.69 Å². The number of sulfonamides is 1. The third kappa shape index (κ3) is 4.62. The van der Waals surface area contributed by atoms with Crippen molar-refractivity contribution < 1.29 is 13.2 Å². The van der Waals surface area contributed by atoms with E-state index in [-0.39, 0.29) is 16.7 Å². The first kappa shape index (κ1) is 19.3. The second-order valence-electron chi connectivity index (χ2n) is 7.10. The Morgan fingerprint density at radius 1 is 1.15 bits per heavy atom. The molecule has 0 radical (unpaired) electrons. The molecule has 2 aliphatic heterocycles. The summed E-state index contributed by atoms with van der Waals surface area (Å²) in [5.41, 5.74) is 0.543. The highest BCUT2D eigenvalue weighted by Crippen LogP contribution is 2.22. The van der Waals surface area contributed by atoms with Gasteiger partial charge in [0.05, 0.1) is 4.90 Å². The van der Waals surface area contributed by atoms with E-state index in [9.17, 15) is 13.2 Å². The highest BCUT2D eigenvalue weighted by molar-refractivity contribution is 7.89. The molecule has 0 saturated carbocycles. The lowest BCUT2D eigenvalue weighted by molar-refractivity contribution is -0.120. The van der Waals surface area contributed by atoms with Gasteiger partial charge in [-0.05, 0) is 64.1 Å². The minimum Gasteiger partial charge on any atom is -0.326 e. The molecule has 2 aliphatic rings. The second-order valence-corrected chi connectivity index (χ2v) is 9.04. The minimum absolute atomic E-state index is 0.0161. The fraction of sp³-hybridized carbons (Fsp3) is 0.611. The van der Waals surface area contributed by atoms with E-state index < -0.39 is 10.0 Å². The van der Waals surface area contributed by atoms with Crippen molar-refractivity contribution in [3.63, 3.8) is 0 Å². The molecule has 1 aromatic carbocycles. The van der Waals surface area contributed by atoms with E-state index in [0.29, 0.717) is 18.8 Å². The molecule has 3 rings (SSSR count). The number of nitrogens with one attached hydrogen (secondary N) is 2. The summed E-state index contributed by atoms with van der Waals surface area (Å²) in [5.74, 6) is -0.0462. The molecule has 0 unspecified atom stereocenters. The van der Waals surface area contributed by atoms with Crippen LogP contribution >= 0.6 is 0 Å². The van der Waals surface area contributed by atoms with Gasteiger partial charge in [-0.3, -0.25) is 4.79 Å². The SMILES string of the molecule is CN1CCCN(S(=O)(=O)c2cccc(NC(=O)C3CCNCC3)c2)CC1. The highest BCUT2D eigenvalue weighted by Gasteiger charge is 2.27. The average molecular weight is 381 g/mol. The molecule has 1 aromatic rings. The number of carbonyl (C=O) groups excluding carboxylic acids is 1. The normalized spacial score (nSPS) is 21.3. The molecule has 8 heteroatoms. The van der Waals surface area contributed by atoms with Gasteiger partial charge in [0.2, 0.25) is 15.9 Å². The van der Waals surface area contributed by atoms with Crippen LogP contribution in [0.15, 0.2) is 29.2 Å². The van der Waals surface area contributed by atoms with Crippen LogP contribution in [0.3, 0.4) is 0 Å². The van der Waals surface area contributed by atoms with Crippen molar-refractivity contribution >= 4 is 21.6 Å². The fourth-order valence-electron chi connectivity index (χ4n) is 3.48. The van der Waals surface area contributed by atoms with Crippen LogP contribution in [-0.2, 0) is 14.8 Å². The Kier molecular flexibility index (Phi) is 6.29. The van der Waals surface area contributed by atoms with Gasteiger partial charge < -0.3 is 15.5 Å². The van der Waals surface area contributed by atoms with Gasteiger partial charge in [-0.2, -0.15) is 4.31 Å². The van der Waals surface area contributed by atoms with Gasteiger partial charge in [-0.1, -0.05) is 6.07 Å². The van der Waals surface area contributed by atoms with Crippen LogP contribution in [0.25, 0.3) is 0 Å². The van der Waals surface area contributed by atoms with Crippen molar-refractivity contribution in [3.8, 4) is 0 Å². The van der Waals surface area contributed by atoms with Crippen molar-refractivity contribution in [1.82, 2.24) is 14.5 Å². The van der Waals surface area contributed by atoms with Gasteiger partial charge in [-0.15, -0.1) is 0 Å². The summed E-state index contributed by atoms with van der Waals surface area (Å²) in [4.78, 5) is 14.8. The van der Waals surface area contributed by atoms with Gasteiger partial charge in [0, 0.05) is 31.2 Å². The molecule has 2 heterocycles. The molecule has 0 bridgehead atoms. The number of benzene rings is 1. The summed E-state index contributed by atoms with van der Waals surface area (Å²) in [6.45, 7) is 4.33. The lowest BCUT2D eigenvalue weighted by atomic mass is 9.97. The zero-order valence-electron chi connectivity index (χ0n) is 15.3. The molecule has 0 aromatic heterocycles. The minimum atomic E-state index is -3.55. The Balaban J connectivity index is 1.72. The summed E-state index contributed by atoms with van der Waals surface area (Å²) in [7, 11) is -1.54. The van der Waals surface area contributed by atoms with Crippen LogP contribution in [0.1, 0.15) is 19.3 Å². The zero-order valence-corrected chi connectivity index (χ0v) is 16.1. The van der Waals surface area contributed by atoms with Gasteiger partial charge in [0.1, 0.15) is 0 Å². The maximum atomic E-state index is 13.0. The smallest absolute Gasteiger partial charge is 0.243 e. The Morgan fingerprint density at radius 2 is 1.92 bits per heavy atom. The second kappa shape index (κ2) is 8.47. The summed E-state index contributed by atoms with van der Waals surface area (Å²) in [6.07, 6.45) is 2.44. The lowest BCUT2D eigenvalue weighted by Crippen LogP contribution is -2.35. The van der Waals surface area contributed by atoms with Gasteiger partial charge >= 0.3 is 0 Å². The number of rotatable bonds is 4. The molecular formula is C18H28N4O3S. The number of hydrogen-bond donors (Lipinski definition) is 2. The number of anilines is 1. The van der Waals surface area contributed by atoms with Crippen molar-refractivity contribution in [3.05, 3.63) is 24.3 Å². The topological polar surface area (TPSA) is 81.8 Å². The van der Waals surface area contributed by atoms with Crippen LogP contribution in [-0.4, -0.2) is 69.8 Å². The van der Waals surface area contributed by atoms with E-state index in [2.05, 4.69) is 15.5 Å². The third-order valence-electron chi connectivity index (χ3n) is 5.13. The molecule has 2 fully saturated rings. The number of likely N-dealkylation sites (N-methyl/N-ethyl adjacent to an activating group) is 1. The third-order valence-corrected chi connectivity index (χ3v) is 7.02. The van der Waals surface area contributed by atoms with Gasteiger partial charge in [-0.25, -0.2) is 8.42 Å². The van der Waals surface area contributed by atoms with E-state index in [0.717, 1.165) is 45.4 Å². The molecule has 2 saturated heterocycles. The molecule has 1 amide bonds. The average Bonchev–Trinajstić information content (AvgIpc) is 2.87. The number of piperidine rings is 1.